The largest absolute Gasteiger partial charge is 0.481 e. The number of hydrogen-bond acceptors (Lipinski definition) is 2. The molecule has 0 amide bonds. The minimum Gasteiger partial charge on any atom is -0.481 e. The number of rotatable bonds is 6. The lowest BCUT2D eigenvalue weighted by molar-refractivity contribution is -0.142. The van der Waals surface area contributed by atoms with E-state index in [1.165, 1.54) is 24.0 Å². The van der Waals surface area contributed by atoms with Crippen LogP contribution in [0.2, 0.25) is 0 Å². The van der Waals surface area contributed by atoms with Gasteiger partial charge in [-0.3, -0.25) is 9.69 Å². The Bertz CT molecular complexity index is 472. The molecule has 116 valence electrons. The van der Waals surface area contributed by atoms with Gasteiger partial charge >= 0.3 is 5.97 Å². The van der Waals surface area contributed by atoms with Crippen LogP contribution in [0.1, 0.15) is 43.7 Å². The van der Waals surface area contributed by atoms with Gasteiger partial charge in [-0.25, -0.2) is 0 Å². The quantitative estimate of drug-likeness (QED) is 0.868. The van der Waals surface area contributed by atoms with Crippen molar-refractivity contribution >= 4 is 5.97 Å². The van der Waals surface area contributed by atoms with Crippen molar-refractivity contribution < 1.29 is 9.90 Å². The second-order valence-electron chi connectivity index (χ2n) is 6.41. The van der Waals surface area contributed by atoms with E-state index in [1.807, 2.05) is 6.92 Å². The normalized spacial score (nSPS) is 21.1. The predicted octanol–water partition coefficient (Wildman–Crippen LogP) is 3.71. The molecule has 1 aromatic carbocycles. The maximum Gasteiger partial charge on any atom is 0.306 e. The van der Waals surface area contributed by atoms with Crippen LogP contribution < -0.4 is 0 Å². The molecule has 2 rings (SSSR count). The van der Waals surface area contributed by atoms with E-state index in [0.717, 1.165) is 32.5 Å². The first-order valence-corrected chi connectivity index (χ1v) is 8.09. The number of nitrogens with zero attached hydrogens (tertiary/aromatic N) is 1. The first-order valence-electron chi connectivity index (χ1n) is 8.09. The van der Waals surface area contributed by atoms with E-state index >= 15 is 0 Å². The van der Waals surface area contributed by atoms with Gasteiger partial charge in [0.25, 0.3) is 0 Å². The molecule has 1 aliphatic rings. The number of carbonyl (C=O) groups is 1. The van der Waals surface area contributed by atoms with Crippen LogP contribution in [-0.2, 0) is 11.3 Å². The van der Waals surface area contributed by atoms with Crippen LogP contribution in [0.5, 0.6) is 0 Å². The molecule has 0 bridgehead atoms. The zero-order valence-corrected chi connectivity index (χ0v) is 13.2. The van der Waals surface area contributed by atoms with Gasteiger partial charge in [0.15, 0.2) is 0 Å². The van der Waals surface area contributed by atoms with Gasteiger partial charge in [0.1, 0.15) is 0 Å². The molecule has 0 aromatic heterocycles. The SMILES string of the molecule is CCC(CC1CCCN(Cc2cccc(C)c2)C1)C(=O)O. The average molecular weight is 289 g/mol. The van der Waals surface area contributed by atoms with Gasteiger partial charge in [-0.05, 0) is 50.6 Å². The highest BCUT2D eigenvalue weighted by Crippen LogP contribution is 2.26. The Labute approximate surface area is 128 Å². The third-order valence-electron chi connectivity index (χ3n) is 4.55. The van der Waals surface area contributed by atoms with Crippen molar-refractivity contribution in [2.24, 2.45) is 11.8 Å². The van der Waals surface area contributed by atoms with Crippen LogP contribution >= 0.6 is 0 Å². The van der Waals surface area contributed by atoms with Crippen molar-refractivity contribution in [3.8, 4) is 0 Å². The standard InChI is InChI=1S/C18H27NO2/c1-3-17(18(20)21)11-16-8-5-9-19(13-16)12-15-7-4-6-14(2)10-15/h4,6-7,10,16-17H,3,5,8-9,11-13H2,1-2H3,(H,20,21). The van der Waals surface area contributed by atoms with Gasteiger partial charge in [0, 0.05) is 13.1 Å². The van der Waals surface area contributed by atoms with Crippen LogP contribution in [-0.4, -0.2) is 29.1 Å². The third-order valence-corrected chi connectivity index (χ3v) is 4.55. The number of aliphatic carboxylic acids is 1. The van der Waals surface area contributed by atoms with Gasteiger partial charge in [-0.15, -0.1) is 0 Å². The Kier molecular flexibility index (Phi) is 5.80. The van der Waals surface area contributed by atoms with Crippen molar-refractivity contribution in [2.75, 3.05) is 13.1 Å². The fourth-order valence-electron chi connectivity index (χ4n) is 3.40. The minimum atomic E-state index is -0.631. The Balaban J connectivity index is 1.90. The summed E-state index contributed by atoms with van der Waals surface area (Å²) < 4.78 is 0. The molecule has 1 saturated heterocycles. The summed E-state index contributed by atoms with van der Waals surface area (Å²) in [6, 6.07) is 8.67. The summed E-state index contributed by atoms with van der Waals surface area (Å²) >= 11 is 0. The predicted molar refractivity (Wildman–Crippen MR) is 85.2 cm³/mol. The Morgan fingerprint density at radius 1 is 1.48 bits per heavy atom. The average Bonchev–Trinajstić information content (AvgIpc) is 2.45. The second-order valence-corrected chi connectivity index (χ2v) is 6.41. The summed E-state index contributed by atoms with van der Waals surface area (Å²) in [6.07, 6.45) is 3.93. The fourth-order valence-corrected chi connectivity index (χ4v) is 3.40. The highest BCUT2D eigenvalue weighted by atomic mass is 16.4. The van der Waals surface area contributed by atoms with Crippen molar-refractivity contribution in [2.45, 2.75) is 46.1 Å². The van der Waals surface area contributed by atoms with E-state index in [9.17, 15) is 9.90 Å². The molecule has 1 aromatic rings. The Morgan fingerprint density at radius 3 is 2.95 bits per heavy atom. The van der Waals surface area contributed by atoms with E-state index in [-0.39, 0.29) is 5.92 Å². The lowest BCUT2D eigenvalue weighted by atomic mass is 9.87. The van der Waals surface area contributed by atoms with Gasteiger partial charge in [-0.1, -0.05) is 36.8 Å². The fraction of sp³-hybridized carbons (Fsp3) is 0.611. The van der Waals surface area contributed by atoms with E-state index in [4.69, 9.17) is 0 Å². The van der Waals surface area contributed by atoms with Crippen LogP contribution in [0.4, 0.5) is 0 Å². The van der Waals surface area contributed by atoms with Crippen molar-refractivity contribution in [3.63, 3.8) is 0 Å². The summed E-state index contributed by atoms with van der Waals surface area (Å²) in [5.74, 6) is -0.271. The van der Waals surface area contributed by atoms with Gasteiger partial charge in [0.2, 0.25) is 0 Å². The van der Waals surface area contributed by atoms with Crippen LogP contribution in [0, 0.1) is 18.8 Å². The maximum atomic E-state index is 11.2. The molecule has 3 heteroatoms. The van der Waals surface area contributed by atoms with Crippen molar-refractivity contribution in [1.82, 2.24) is 4.90 Å². The highest BCUT2D eigenvalue weighted by Gasteiger charge is 2.25. The molecular weight excluding hydrogens is 262 g/mol. The molecule has 0 saturated carbocycles. The van der Waals surface area contributed by atoms with E-state index in [0.29, 0.717) is 5.92 Å². The van der Waals surface area contributed by atoms with E-state index in [1.54, 1.807) is 0 Å². The van der Waals surface area contributed by atoms with Crippen molar-refractivity contribution in [1.29, 1.82) is 0 Å². The zero-order chi connectivity index (χ0) is 15.2. The molecule has 21 heavy (non-hydrogen) atoms. The second kappa shape index (κ2) is 7.60. The lowest BCUT2D eigenvalue weighted by Crippen LogP contribution is -2.36. The molecule has 1 aliphatic heterocycles. The van der Waals surface area contributed by atoms with Gasteiger partial charge in [0.05, 0.1) is 5.92 Å². The van der Waals surface area contributed by atoms with Gasteiger partial charge in [-0.2, -0.15) is 0 Å². The summed E-state index contributed by atoms with van der Waals surface area (Å²) in [7, 11) is 0. The number of piperidine rings is 1. The van der Waals surface area contributed by atoms with E-state index in [2.05, 4.69) is 36.1 Å². The zero-order valence-electron chi connectivity index (χ0n) is 13.2. The molecule has 2 unspecified atom stereocenters. The Morgan fingerprint density at radius 2 is 2.29 bits per heavy atom. The molecule has 1 N–H and O–H groups in total. The molecule has 0 aliphatic carbocycles. The molecule has 1 heterocycles. The lowest BCUT2D eigenvalue weighted by Gasteiger charge is -2.33. The molecule has 3 nitrogen and oxygen atoms in total. The molecule has 0 radical (unpaired) electrons. The van der Waals surface area contributed by atoms with Crippen LogP contribution in [0.3, 0.4) is 0 Å². The number of benzene rings is 1. The van der Waals surface area contributed by atoms with Gasteiger partial charge < -0.3 is 5.11 Å². The molecule has 0 spiro atoms. The summed E-state index contributed by atoms with van der Waals surface area (Å²) in [5, 5.41) is 9.22. The molecule has 2 atom stereocenters. The maximum absolute atomic E-state index is 11.2. The van der Waals surface area contributed by atoms with Crippen molar-refractivity contribution in [3.05, 3.63) is 35.4 Å². The highest BCUT2D eigenvalue weighted by molar-refractivity contribution is 5.69. The molecular formula is C18H27NO2. The number of aryl methyl sites for hydroxylation is 1. The topological polar surface area (TPSA) is 40.5 Å². The number of likely N-dealkylation sites (tertiary alicyclic amines) is 1. The smallest absolute Gasteiger partial charge is 0.306 e. The summed E-state index contributed by atoms with van der Waals surface area (Å²) in [4.78, 5) is 13.7. The van der Waals surface area contributed by atoms with E-state index < -0.39 is 5.97 Å². The number of carboxylic acids is 1. The monoisotopic (exact) mass is 289 g/mol. The third kappa shape index (κ3) is 4.85. The molecule has 1 fully saturated rings. The van der Waals surface area contributed by atoms with Crippen LogP contribution in [0.15, 0.2) is 24.3 Å². The summed E-state index contributed by atoms with van der Waals surface area (Å²) in [6.45, 7) is 7.27. The first-order chi connectivity index (χ1) is 10.1. The number of carboxylic acid groups (broad SMARTS) is 1. The number of hydrogen-bond donors (Lipinski definition) is 1. The Hall–Kier alpha value is -1.35. The minimum absolute atomic E-state index is 0.172. The first kappa shape index (κ1) is 16.0. The summed E-state index contributed by atoms with van der Waals surface area (Å²) in [5.41, 5.74) is 2.67. The van der Waals surface area contributed by atoms with Crippen LogP contribution in [0.25, 0.3) is 0 Å².